The van der Waals surface area contributed by atoms with E-state index in [1.54, 1.807) is 30.2 Å². The monoisotopic (exact) mass is 451 g/mol. The number of hydrogen-bond acceptors (Lipinski definition) is 6. The maximum Gasteiger partial charge on any atom is 0.335 e. The van der Waals surface area contributed by atoms with Gasteiger partial charge in [-0.2, -0.15) is 0 Å². The number of rotatable bonds is 7. The van der Waals surface area contributed by atoms with Crippen molar-refractivity contribution in [1.29, 1.82) is 0 Å². The molecule has 8 nitrogen and oxygen atoms in total. The van der Waals surface area contributed by atoms with Crippen molar-refractivity contribution in [2.45, 2.75) is 19.0 Å². The van der Waals surface area contributed by atoms with Crippen LogP contribution < -0.4 is 5.32 Å². The fourth-order valence-electron chi connectivity index (χ4n) is 3.67. The molecule has 1 saturated heterocycles. The largest absolute Gasteiger partial charge is 0.478 e. The first-order valence-corrected chi connectivity index (χ1v) is 10.5. The lowest BCUT2D eigenvalue weighted by atomic mass is 10.0. The number of ether oxygens (including phenoxy) is 1. The quantitative estimate of drug-likeness (QED) is 0.412. The zero-order valence-corrected chi connectivity index (χ0v) is 18.0. The standard InChI is InChI=1S/C23H21N3O5S/c1-2-30-19(27)13-26-21(20(25-23(26)32)16-5-3-4-12-24-16)18-11-10-17(31-18)14-6-8-15(9-7-14)22(28)29/h3-12,20-21H,2,13H2,1H3,(H,25,32)(H,28,29). The van der Waals surface area contributed by atoms with Gasteiger partial charge in [-0.3, -0.25) is 9.78 Å². The Balaban J connectivity index is 1.68. The average Bonchev–Trinajstić information content (AvgIpc) is 3.40. The van der Waals surface area contributed by atoms with E-state index in [2.05, 4.69) is 10.3 Å². The Hall–Kier alpha value is -3.72. The van der Waals surface area contributed by atoms with Crippen molar-refractivity contribution < 1.29 is 23.8 Å². The minimum atomic E-state index is -0.991. The number of carbonyl (C=O) groups excluding carboxylic acids is 1. The van der Waals surface area contributed by atoms with Crippen LogP contribution >= 0.6 is 12.2 Å². The molecule has 1 aliphatic rings. The Morgan fingerprint density at radius 3 is 2.62 bits per heavy atom. The van der Waals surface area contributed by atoms with Crippen molar-refractivity contribution in [2.24, 2.45) is 0 Å². The van der Waals surface area contributed by atoms with Crippen LogP contribution in [0.4, 0.5) is 0 Å². The van der Waals surface area contributed by atoms with Crippen LogP contribution in [0.25, 0.3) is 11.3 Å². The Bertz CT molecular complexity index is 1130. The summed E-state index contributed by atoms with van der Waals surface area (Å²) in [6, 6.07) is 14.9. The van der Waals surface area contributed by atoms with Gasteiger partial charge in [0.2, 0.25) is 0 Å². The van der Waals surface area contributed by atoms with Crippen LogP contribution in [0.5, 0.6) is 0 Å². The van der Waals surface area contributed by atoms with Gasteiger partial charge in [0.15, 0.2) is 5.11 Å². The molecule has 1 fully saturated rings. The third-order valence-corrected chi connectivity index (χ3v) is 5.49. The number of carbonyl (C=O) groups is 2. The number of esters is 1. The Morgan fingerprint density at radius 2 is 1.97 bits per heavy atom. The highest BCUT2D eigenvalue weighted by atomic mass is 32.1. The fourth-order valence-corrected chi connectivity index (χ4v) is 3.98. The minimum Gasteiger partial charge on any atom is -0.478 e. The number of benzene rings is 1. The normalized spacial score (nSPS) is 17.8. The highest BCUT2D eigenvalue weighted by Crippen LogP contribution is 2.40. The molecule has 0 bridgehead atoms. The van der Waals surface area contributed by atoms with Gasteiger partial charge in [-0.1, -0.05) is 18.2 Å². The summed E-state index contributed by atoms with van der Waals surface area (Å²) in [6.45, 7) is 2.00. The summed E-state index contributed by atoms with van der Waals surface area (Å²) in [5.41, 5.74) is 1.69. The molecule has 9 heteroatoms. The Kier molecular flexibility index (Phi) is 6.18. The molecule has 2 aromatic heterocycles. The smallest absolute Gasteiger partial charge is 0.335 e. The second-order valence-corrected chi connectivity index (χ2v) is 7.53. The van der Waals surface area contributed by atoms with Crippen LogP contribution in [0.1, 0.15) is 40.8 Å². The summed E-state index contributed by atoms with van der Waals surface area (Å²) in [7, 11) is 0. The molecule has 2 N–H and O–H groups in total. The Labute approximate surface area is 189 Å². The summed E-state index contributed by atoms with van der Waals surface area (Å²) < 4.78 is 11.3. The van der Waals surface area contributed by atoms with E-state index in [0.717, 1.165) is 11.3 Å². The summed E-state index contributed by atoms with van der Waals surface area (Å²) >= 11 is 5.52. The SMILES string of the molecule is CCOC(=O)CN1C(=S)NC(c2ccccn2)C1c1ccc(-c2ccc(C(=O)O)cc2)o1. The molecule has 3 aromatic rings. The number of thiocarbonyl (C=S) groups is 1. The summed E-state index contributed by atoms with van der Waals surface area (Å²) in [6.07, 6.45) is 1.70. The second kappa shape index (κ2) is 9.19. The number of aromatic nitrogens is 1. The molecular weight excluding hydrogens is 430 g/mol. The van der Waals surface area contributed by atoms with Gasteiger partial charge in [-0.05, 0) is 55.5 Å². The molecule has 32 heavy (non-hydrogen) atoms. The van der Waals surface area contributed by atoms with Crippen molar-refractivity contribution in [3.63, 3.8) is 0 Å². The molecule has 0 amide bonds. The average molecular weight is 452 g/mol. The van der Waals surface area contributed by atoms with Crippen LogP contribution in [0.3, 0.4) is 0 Å². The molecule has 1 aromatic carbocycles. The Morgan fingerprint density at radius 1 is 1.19 bits per heavy atom. The van der Waals surface area contributed by atoms with E-state index in [0.29, 0.717) is 16.6 Å². The molecule has 164 valence electrons. The van der Waals surface area contributed by atoms with Gasteiger partial charge in [0.1, 0.15) is 24.1 Å². The van der Waals surface area contributed by atoms with E-state index in [-0.39, 0.29) is 30.7 Å². The number of hydrogen-bond donors (Lipinski definition) is 2. The van der Waals surface area contributed by atoms with Gasteiger partial charge >= 0.3 is 11.9 Å². The van der Waals surface area contributed by atoms with Crippen LogP contribution in [0, 0.1) is 0 Å². The lowest BCUT2D eigenvalue weighted by Crippen LogP contribution is -2.35. The van der Waals surface area contributed by atoms with Crippen molar-refractivity contribution in [3.8, 4) is 11.3 Å². The lowest BCUT2D eigenvalue weighted by molar-refractivity contribution is -0.143. The van der Waals surface area contributed by atoms with E-state index in [1.807, 2.05) is 30.3 Å². The van der Waals surface area contributed by atoms with Gasteiger partial charge in [0.25, 0.3) is 0 Å². The molecule has 2 unspecified atom stereocenters. The topological polar surface area (TPSA) is 105 Å². The molecule has 3 heterocycles. The first kappa shape index (κ1) is 21.5. The number of aromatic carboxylic acids is 1. The second-order valence-electron chi connectivity index (χ2n) is 7.14. The molecule has 0 aliphatic carbocycles. The first-order valence-electron chi connectivity index (χ1n) is 10.0. The maximum absolute atomic E-state index is 12.2. The zero-order valence-electron chi connectivity index (χ0n) is 17.2. The minimum absolute atomic E-state index is 0.0307. The molecular formula is C23H21N3O5S. The number of nitrogens with one attached hydrogen (secondary N) is 1. The highest BCUT2D eigenvalue weighted by molar-refractivity contribution is 7.80. The molecule has 0 radical (unpaired) electrons. The number of nitrogens with zero attached hydrogens (tertiary/aromatic N) is 2. The summed E-state index contributed by atoms with van der Waals surface area (Å²) in [5, 5.41) is 12.8. The lowest BCUT2D eigenvalue weighted by Gasteiger charge is -2.25. The van der Waals surface area contributed by atoms with Crippen molar-refractivity contribution in [2.75, 3.05) is 13.2 Å². The van der Waals surface area contributed by atoms with Gasteiger partial charge in [-0.25, -0.2) is 4.79 Å². The van der Waals surface area contributed by atoms with Gasteiger partial charge < -0.3 is 24.5 Å². The van der Waals surface area contributed by atoms with Crippen LogP contribution in [0.15, 0.2) is 65.2 Å². The highest BCUT2D eigenvalue weighted by Gasteiger charge is 2.42. The van der Waals surface area contributed by atoms with Crippen molar-refractivity contribution in [1.82, 2.24) is 15.2 Å². The van der Waals surface area contributed by atoms with E-state index in [9.17, 15) is 9.59 Å². The van der Waals surface area contributed by atoms with Gasteiger partial charge in [0, 0.05) is 11.8 Å². The van der Waals surface area contributed by atoms with Crippen LogP contribution in [0.2, 0.25) is 0 Å². The summed E-state index contributed by atoms with van der Waals surface area (Å²) in [5.74, 6) is -0.213. The third kappa shape index (κ3) is 4.33. The van der Waals surface area contributed by atoms with Crippen molar-refractivity contribution in [3.05, 3.63) is 77.8 Å². The molecule has 2 atom stereocenters. The van der Waals surface area contributed by atoms with E-state index in [1.165, 1.54) is 12.1 Å². The maximum atomic E-state index is 12.2. The van der Waals surface area contributed by atoms with Gasteiger partial charge in [-0.15, -0.1) is 0 Å². The molecule has 1 aliphatic heterocycles. The first-order chi connectivity index (χ1) is 15.5. The van der Waals surface area contributed by atoms with Crippen molar-refractivity contribution >= 4 is 29.3 Å². The predicted octanol–water partition coefficient (Wildman–Crippen LogP) is 3.58. The zero-order chi connectivity index (χ0) is 22.7. The molecule has 0 saturated carbocycles. The van der Waals surface area contributed by atoms with Crippen LogP contribution in [-0.4, -0.2) is 45.2 Å². The van der Waals surface area contributed by atoms with E-state index in [4.69, 9.17) is 26.5 Å². The third-order valence-electron chi connectivity index (χ3n) is 5.14. The van der Waals surface area contributed by atoms with E-state index >= 15 is 0 Å². The van der Waals surface area contributed by atoms with Crippen LogP contribution in [-0.2, 0) is 9.53 Å². The fraction of sp³-hybridized carbons (Fsp3) is 0.217. The number of furan rings is 1. The van der Waals surface area contributed by atoms with Gasteiger partial charge in [0.05, 0.1) is 23.9 Å². The molecule has 4 rings (SSSR count). The predicted molar refractivity (Wildman–Crippen MR) is 120 cm³/mol. The molecule has 0 spiro atoms. The number of carboxylic acid groups (broad SMARTS) is 1. The number of pyridine rings is 1. The summed E-state index contributed by atoms with van der Waals surface area (Å²) in [4.78, 5) is 29.5. The van der Waals surface area contributed by atoms with E-state index < -0.39 is 12.0 Å². The number of carboxylic acids is 1.